The van der Waals surface area contributed by atoms with Gasteiger partial charge in [-0.25, -0.2) is 8.42 Å². The zero-order valence-electron chi connectivity index (χ0n) is 21.4. The highest BCUT2D eigenvalue weighted by Gasteiger charge is 2.37. The Bertz CT molecular complexity index is 1490. The summed E-state index contributed by atoms with van der Waals surface area (Å²) < 4.78 is 34.2. The van der Waals surface area contributed by atoms with E-state index in [2.05, 4.69) is 22.6 Å². The Labute approximate surface area is 217 Å². The van der Waals surface area contributed by atoms with E-state index in [0.717, 1.165) is 22.3 Å². The maximum Gasteiger partial charge on any atom is 0.248 e. The molecule has 1 aromatic heterocycles. The van der Waals surface area contributed by atoms with E-state index in [1.54, 1.807) is 37.3 Å². The molecule has 1 saturated heterocycles. The Kier molecular flexibility index (Phi) is 7.62. The SMILES string of the molecule is Cc1cc(C)c(C=Cc2onc(C)c2S(=O)(=O)N2CCCC(C(=O)Nc3cccc(C#N)c3)C2)c(C)c1. The predicted molar refractivity (Wildman–Crippen MR) is 142 cm³/mol. The van der Waals surface area contributed by atoms with Gasteiger partial charge in [0, 0.05) is 18.8 Å². The average Bonchev–Trinajstić information content (AvgIpc) is 3.24. The van der Waals surface area contributed by atoms with Gasteiger partial charge in [0.1, 0.15) is 5.69 Å². The van der Waals surface area contributed by atoms with Crippen LogP contribution in [0.15, 0.2) is 45.8 Å². The van der Waals surface area contributed by atoms with Crippen LogP contribution in [-0.2, 0) is 14.8 Å². The molecule has 1 fully saturated rings. The van der Waals surface area contributed by atoms with E-state index < -0.39 is 15.9 Å². The molecule has 37 heavy (non-hydrogen) atoms. The van der Waals surface area contributed by atoms with E-state index in [1.165, 1.54) is 4.31 Å². The molecule has 192 valence electrons. The van der Waals surface area contributed by atoms with Crippen LogP contribution >= 0.6 is 0 Å². The molecule has 1 unspecified atom stereocenters. The summed E-state index contributed by atoms with van der Waals surface area (Å²) in [5.41, 5.74) is 5.54. The van der Waals surface area contributed by atoms with Crippen molar-refractivity contribution in [2.75, 3.05) is 18.4 Å². The quantitative estimate of drug-likeness (QED) is 0.491. The average molecular weight is 519 g/mol. The summed E-state index contributed by atoms with van der Waals surface area (Å²) in [6.07, 6.45) is 4.61. The molecule has 3 aromatic rings. The summed E-state index contributed by atoms with van der Waals surface area (Å²) in [5.74, 6) is -0.634. The number of piperidine rings is 1. The van der Waals surface area contributed by atoms with E-state index >= 15 is 0 Å². The molecular formula is C28H30N4O4S. The van der Waals surface area contributed by atoms with E-state index in [1.807, 2.05) is 32.9 Å². The zero-order valence-corrected chi connectivity index (χ0v) is 22.2. The number of hydrogen-bond donors (Lipinski definition) is 1. The molecule has 2 heterocycles. The van der Waals surface area contributed by atoms with Gasteiger partial charge in [0.05, 0.1) is 17.6 Å². The minimum atomic E-state index is -3.96. The lowest BCUT2D eigenvalue weighted by molar-refractivity contribution is -0.120. The lowest BCUT2D eigenvalue weighted by Gasteiger charge is -2.31. The summed E-state index contributed by atoms with van der Waals surface area (Å²) in [5, 5.41) is 15.8. The number of carbonyl (C=O) groups is 1. The molecule has 1 aliphatic rings. The highest BCUT2D eigenvalue weighted by Crippen LogP contribution is 2.30. The lowest BCUT2D eigenvalue weighted by atomic mass is 9.98. The van der Waals surface area contributed by atoms with Gasteiger partial charge in [-0.3, -0.25) is 4.79 Å². The van der Waals surface area contributed by atoms with Gasteiger partial charge in [-0.1, -0.05) is 35.0 Å². The topological polar surface area (TPSA) is 116 Å². The number of hydrogen-bond acceptors (Lipinski definition) is 6. The number of nitrogens with one attached hydrogen (secondary N) is 1. The maximum absolute atomic E-state index is 13.7. The van der Waals surface area contributed by atoms with Crippen LogP contribution in [0.1, 0.15) is 52.1 Å². The van der Waals surface area contributed by atoms with Crippen LogP contribution < -0.4 is 5.32 Å². The predicted octanol–water partition coefficient (Wildman–Crippen LogP) is 4.99. The van der Waals surface area contributed by atoms with Crippen molar-refractivity contribution in [1.29, 1.82) is 5.26 Å². The zero-order chi connectivity index (χ0) is 26.7. The van der Waals surface area contributed by atoms with Crippen molar-refractivity contribution in [1.82, 2.24) is 9.46 Å². The van der Waals surface area contributed by atoms with Crippen molar-refractivity contribution < 1.29 is 17.7 Å². The van der Waals surface area contributed by atoms with E-state index in [0.29, 0.717) is 30.6 Å². The van der Waals surface area contributed by atoms with Gasteiger partial charge in [0.2, 0.25) is 15.9 Å². The number of aryl methyl sites for hydroxylation is 4. The molecule has 1 aliphatic heterocycles. The number of carbonyl (C=O) groups excluding carboxylic acids is 1. The second kappa shape index (κ2) is 10.7. The highest BCUT2D eigenvalue weighted by atomic mass is 32.2. The molecule has 9 heteroatoms. The summed E-state index contributed by atoms with van der Waals surface area (Å²) >= 11 is 0. The molecule has 2 aromatic carbocycles. The number of aromatic nitrogens is 1. The first-order chi connectivity index (χ1) is 17.6. The first-order valence-corrected chi connectivity index (χ1v) is 13.6. The molecule has 0 spiro atoms. The van der Waals surface area contributed by atoms with E-state index in [-0.39, 0.29) is 28.8 Å². The van der Waals surface area contributed by atoms with Gasteiger partial charge in [0.15, 0.2) is 10.7 Å². The third kappa shape index (κ3) is 5.66. The molecular weight excluding hydrogens is 488 g/mol. The Hall–Kier alpha value is -3.74. The van der Waals surface area contributed by atoms with Gasteiger partial charge in [-0.05, 0) is 81.5 Å². The number of amides is 1. The van der Waals surface area contributed by atoms with Gasteiger partial charge in [0.25, 0.3) is 0 Å². The Morgan fingerprint density at radius 3 is 2.59 bits per heavy atom. The number of nitrogens with zero attached hydrogens (tertiary/aromatic N) is 3. The maximum atomic E-state index is 13.7. The second-order valence-electron chi connectivity index (χ2n) is 9.49. The molecule has 0 aliphatic carbocycles. The van der Waals surface area contributed by atoms with Crippen LogP contribution in [0.3, 0.4) is 0 Å². The van der Waals surface area contributed by atoms with Crippen LogP contribution in [0.2, 0.25) is 0 Å². The lowest BCUT2D eigenvalue weighted by Crippen LogP contribution is -2.43. The Morgan fingerprint density at radius 1 is 1.16 bits per heavy atom. The molecule has 1 N–H and O–H groups in total. The van der Waals surface area contributed by atoms with E-state index in [4.69, 9.17) is 9.78 Å². The summed E-state index contributed by atoms with van der Waals surface area (Å²) in [6.45, 7) is 8.02. The third-order valence-electron chi connectivity index (χ3n) is 6.58. The molecule has 0 bridgehead atoms. The fraction of sp³-hybridized carbons (Fsp3) is 0.321. The van der Waals surface area contributed by atoms with Crippen LogP contribution in [0, 0.1) is 44.9 Å². The first kappa shape index (κ1) is 26.3. The fourth-order valence-electron chi connectivity index (χ4n) is 4.83. The van der Waals surface area contributed by atoms with Crippen molar-refractivity contribution >= 4 is 33.8 Å². The molecule has 0 saturated carbocycles. The second-order valence-corrected chi connectivity index (χ2v) is 11.4. The highest BCUT2D eigenvalue weighted by molar-refractivity contribution is 7.89. The summed E-state index contributed by atoms with van der Waals surface area (Å²) in [7, 11) is -3.96. The number of nitriles is 1. The molecule has 1 atom stereocenters. The van der Waals surface area contributed by atoms with Gasteiger partial charge in [-0.15, -0.1) is 0 Å². The van der Waals surface area contributed by atoms with Crippen molar-refractivity contribution in [3.8, 4) is 6.07 Å². The normalized spacial score (nSPS) is 16.6. The van der Waals surface area contributed by atoms with Gasteiger partial charge < -0.3 is 9.84 Å². The van der Waals surface area contributed by atoms with Gasteiger partial charge in [-0.2, -0.15) is 9.57 Å². The fourth-order valence-corrected chi connectivity index (χ4v) is 6.60. The van der Waals surface area contributed by atoms with Crippen molar-refractivity contribution in [2.45, 2.75) is 45.4 Å². The van der Waals surface area contributed by atoms with Crippen molar-refractivity contribution in [3.05, 3.63) is 75.7 Å². The Balaban J connectivity index is 1.56. The number of benzene rings is 2. The Morgan fingerprint density at radius 2 is 1.89 bits per heavy atom. The monoisotopic (exact) mass is 518 g/mol. The third-order valence-corrected chi connectivity index (χ3v) is 8.61. The smallest absolute Gasteiger partial charge is 0.248 e. The van der Waals surface area contributed by atoms with Crippen molar-refractivity contribution in [3.63, 3.8) is 0 Å². The largest absolute Gasteiger partial charge is 0.355 e. The molecule has 0 radical (unpaired) electrons. The first-order valence-electron chi connectivity index (χ1n) is 12.1. The minimum absolute atomic E-state index is 0.0222. The van der Waals surface area contributed by atoms with Crippen LogP contribution in [0.25, 0.3) is 12.2 Å². The molecule has 4 rings (SSSR count). The van der Waals surface area contributed by atoms with Crippen LogP contribution in [0.4, 0.5) is 5.69 Å². The van der Waals surface area contributed by atoms with Crippen LogP contribution in [0.5, 0.6) is 0 Å². The number of anilines is 1. The van der Waals surface area contributed by atoms with E-state index in [9.17, 15) is 13.2 Å². The number of sulfonamides is 1. The van der Waals surface area contributed by atoms with Crippen molar-refractivity contribution in [2.24, 2.45) is 5.92 Å². The molecule has 1 amide bonds. The van der Waals surface area contributed by atoms with Crippen LogP contribution in [-0.4, -0.2) is 36.9 Å². The summed E-state index contributed by atoms with van der Waals surface area (Å²) in [4.78, 5) is 13.0. The standard InChI is InChI=1S/C28H30N4O4S/c1-18-13-19(2)25(20(3)14-18)10-11-26-27(21(4)31-36-26)37(34,35)32-12-6-8-23(17-32)28(33)30-24-9-5-7-22(15-24)16-29/h5,7,9-11,13-15,23H,6,8,12,17H2,1-4H3,(H,30,33). The number of rotatable bonds is 6. The van der Waals surface area contributed by atoms with Gasteiger partial charge >= 0.3 is 0 Å². The minimum Gasteiger partial charge on any atom is -0.355 e. The molecule has 8 nitrogen and oxygen atoms in total. The summed E-state index contributed by atoms with van der Waals surface area (Å²) in [6, 6.07) is 12.8.